The van der Waals surface area contributed by atoms with Crippen LogP contribution in [0.15, 0.2) is 48.5 Å². The fourth-order valence-corrected chi connectivity index (χ4v) is 9.12. The lowest BCUT2D eigenvalue weighted by Gasteiger charge is -2.32. The van der Waals surface area contributed by atoms with E-state index in [0.29, 0.717) is 23.1 Å². The van der Waals surface area contributed by atoms with Crippen molar-refractivity contribution in [1.82, 2.24) is 40.4 Å². The number of carbonyl (C=O) groups excluding carboxylic acids is 4. The molecule has 0 saturated carbocycles. The molecule has 4 N–H and O–H groups in total. The Morgan fingerprint density at radius 3 is 1.44 bits per heavy atom. The van der Waals surface area contributed by atoms with Gasteiger partial charge in [-0.15, -0.1) is 0 Å². The van der Waals surface area contributed by atoms with Crippen LogP contribution in [0.4, 0.5) is 9.59 Å². The molecule has 8 rings (SSSR count). The zero-order valence-corrected chi connectivity index (χ0v) is 35.8. The standard InChI is InChI=1S/C45H54N8O8/c1-22(2)36(50-44(56)58-7)42(54)52-24(5)9-17-34(52)40-46-30-15-11-26(19-32(30)48-40)28-13-14-29(39-38(28)60-21-61-39)27-12-16-31-33(20-27)49-41(47-31)35-18-10-25(6)53(35)43(55)37(23(3)4)51-45(57)59-8/h11-16,19-20,22-25,34-37H,9-10,17-18,21H2,1-8H3,(H,46,48)(H,47,49)(H,50,56)(H,51,57)/t24-,25-,34-,35-,36-,37-/m0/s1. The van der Waals surface area contributed by atoms with Gasteiger partial charge in [-0.25, -0.2) is 19.6 Å². The first-order chi connectivity index (χ1) is 29.3. The second-order valence-corrected chi connectivity index (χ2v) is 17.0. The number of amides is 4. The SMILES string of the molecule is COC(=O)N[C@H](C(=O)N1[C@@H](C)CC[C@H]1c1nc2cc(-c3ccc(-c4ccc5[nH]c([C@@H]6CC[C@H](C)N6C(=O)[C@@H](NC(=O)OC)C(C)C)nc5c4)c4c3OCO4)ccc2[nH]1)C(C)C. The van der Waals surface area contributed by atoms with Crippen molar-refractivity contribution in [2.45, 2.75) is 103 Å². The number of imidazole rings is 2. The average molecular weight is 835 g/mol. The molecule has 0 bridgehead atoms. The molecule has 4 amide bonds. The lowest BCUT2D eigenvalue weighted by atomic mass is 9.97. The van der Waals surface area contributed by atoms with Crippen molar-refractivity contribution in [1.29, 1.82) is 0 Å². The van der Waals surface area contributed by atoms with Gasteiger partial charge in [-0.05, 0) is 98.9 Å². The minimum absolute atomic E-state index is 0.0333. The number of methoxy groups -OCH3 is 2. The van der Waals surface area contributed by atoms with Crippen molar-refractivity contribution < 1.29 is 38.1 Å². The summed E-state index contributed by atoms with van der Waals surface area (Å²) in [6, 6.07) is 14.0. The van der Waals surface area contributed by atoms with Gasteiger partial charge in [0, 0.05) is 23.2 Å². The summed E-state index contributed by atoms with van der Waals surface area (Å²) in [5.41, 5.74) is 6.68. The summed E-state index contributed by atoms with van der Waals surface area (Å²) in [7, 11) is 2.58. The fraction of sp³-hybridized carbons (Fsp3) is 0.467. The first-order valence-corrected chi connectivity index (χ1v) is 21.0. The molecule has 3 aliphatic heterocycles. The number of hydrogen-bond acceptors (Lipinski definition) is 10. The Labute approximate surface area is 354 Å². The van der Waals surface area contributed by atoms with Gasteiger partial charge >= 0.3 is 12.2 Å². The second-order valence-electron chi connectivity index (χ2n) is 17.0. The predicted molar refractivity (Wildman–Crippen MR) is 228 cm³/mol. The van der Waals surface area contributed by atoms with Gasteiger partial charge in [-0.1, -0.05) is 39.8 Å². The zero-order valence-electron chi connectivity index (χ0n) is 35.8. The topological polar surface area (TPSA) is 193 Å². The monoisotopic (exact) mass is 834 g/mol. The fourth-order valence-electron chi connectivity index (χ4n) is 9.12. The summed E-state index contributed by atoms with van der Waals surface area (Å²) in [5, 5.41) is 5.45. The van der Waals surface area contributed by atoms with Crippen LogP contribution in [0.1, 0.15) is 91.0 Å². The molecule has 5 aromatic rings. The molecule has 61 heavy (non-hydrogen) atoms. The summed E-state index contributed by atoms with van der Waals surface area (Å²) in [5.74, 6) is 2.04. The normalized spacial score (nSPS) is 20.8. The third-order valence-electron chi connectivity index (χ3n) is 12.4. The van der Waals surface area contributed by atoms with Crippen LogP contribution in [0.2, 0.25) is 0 Å². The van der Waals surface area contributed by atoms with Crippen LogP contribution in [-0.4, -0.2) is 98.9 Å². The number of nitrogens with one attached hydrogen (secondary N) is 4. The van der Waals surface area contributed by atoms with Gasteiger partial charge < -0.3 is 49.3 Å². The number of nitrogens with zero attached hydrogens (tertiary/aromatic N) is 4. The van der Waals surface area contributed by atoms with Gasteiger partial charge in [-0.2, -0.15) is 0 Å². The first kappa shape index (κ1) is 41.4. The minimum Gasteiger partial charge on any atom is -0.453 e. The molecule has 0 unspecified atom stereocenters. The smallest absolute Gasteiger partial charge is 0.407 e. The van der Waals surface area contributed by atoms with E-state index in [1.54, 1.807) is 0 Å². The number of alkyl carbamates (subject to hydrolysis) is 2. The van der Waals surface area contributed by atoms with Crippen LogP contribution in [0, 0.1) is 11.8 Å². The van der Waals surface area contributed by atoms with E-state index >= 15 is 0 Å². The van der Waals surface area contributed by atoms with Crippen molar-refractivity contribution in [3.63, 3.8) is 0 Å². The maximum Gasteiger partial charge on any atom is 0.407 e. The van der Waals surface area contributed by atoms with Gasteiger partial charge in [0.25, 0.3) is 0 Å². The summed E-state index contributed by atoms with van der Waals surface area (Å²) >= 11 is 0. The van der Waals surface area contributed by atoms with E-state index in [1.165, 1.54) is 14.2 Å². The molecule has 322 valence electrons. The number of ether oxygens (including phenoxy) is 4. The number of aromatic amines is 2. The molecule has 5 heterocycles. The minimum atomic E-state index is -0.733. The molecule has 3 aromatic carbocycles. The molecule has 16 heteroatoms. The van der Waals surface area contributed by atoms with Crippen LogP contribution >= 0.6 is 0 Å². The number of carbonyl (C=O) groups is 4. The average Bonchev–Trinajstić information content (AvgIpc) is 4.10. The Morgan fingerprint density at radius 2 is 1.07 bits per heavy atom. The van der Waals surface area contributed by atoms with Crippen LogP contribution in [0.3, 0.4) is 0 Å². The number of benzene rings is 3. The van der Waals surface area contributed by atoms with Crippen LogP contribution in [-0.2, 0) is 19.1 Å². The van der Waals surface area contributed by atoms with Gasteiger partial charge in [0.15, 0.2) is 11.5 Å². The Balaban J connectivity index is 1.05. The van der Waals surface area contributed by atoms with Gasteiger partial charge in [0.2, 0.25) is 18.6 Å². The Morgan fingerprint density at radius 1 is 0.656 bits per heavy atom. The summed E-state index contributed by atoms with van der Waals surface area (Å²) in [4.78, 5) is 72.7. The van der Waals surface area contributed by atoms with Gasteiger partial charge in [0.05, 0.1) is 48.4 Å². The highest BCUT2D eigenvalue weighted by Crippen LogP contribution is 2.48. The molecule has 0 spiro atoms. The van der Waals surface area contributed by atoms with Crippen molar-refractivity contribution in [2.24, 2.45) is 11.8 Å². The van der Waals surface area contributed by atoms with E-state index < -0.39 is 24.3 Å². The summed E-state index contributed by atoms with van der Waals surface area (Å²) in [6.45, 7) is 11.7. The lowest BCUT2D eigenvalue weighted by Crippen LogP contribution is -2.52. The highest BCUT2D eigenvalue weighted by atomic mass is 16.7. The van der Waals surface area contributed by atoms with Crippen LogP contribution < -0.4 is 20.1 Å². The molecule has 2 saturated heterocycles. The largest absolute Gasteiger partial charge is 0.453 e. The number of fused-ring (bicyclic) bond motifs is 3. The highest BCUT2D eigenvalue weighted by molar-refractivity contribution is 5.91. The second kappa shape index (κ2) is 16.6. The molecule has 2 fully saturated rings. The molecule has 3 aliphatic rings. The number of hydrogen-bond donors (Lipinski definition) is 4. The third kappa shape index (κ3) is 7.67. The van der Waals surface area contributed by atoms with E-state index in [2.05, 4.69) is 20.6 Å². The molecule has 16 nitrogen and oxygen atoms in total. The van der Waals surface area contributed by atoms with E-state index in [0.717, 1.165) is 70.0 Å². The predicted octanol–water partition coefficient (Wildman–Crippen LogP) is 7.37. The maximum absolute atomic E-state index is 13.9. The molecule has 0 radical (unpaired) electrons. The number of likely N-dealkylation sites (tertiary alicyclic amines) is 2. The van der Waals surface area contributed by atoms with Gasteiger partial charge in [0.1, 0.15) is 23.7 Å². The van der Waals surface area contributed by atoms with E-state index in [9.17, 15) is 19.2 Å². The van der Waals surface area contributed by atoms with Crippen LogP contribution in [0.5, 0.6) is 11.5 Å². The lowest BCUT2D eigenvalue weighted by molar-refractivity contribution is -0.138. The Kier molecular flexibility index (Phi) is 11.3. The highest BCUT2D eigenvalue weighted by Gasteiger charge is 2.43. The Hall–Kier alpha value is -6.32. The number of aromatic nitrogens is 4. The van der Waals surface area contributed by atoms with Crippen molar-refractivity contribution in [3.8, 4) is 33.8 Å². The Bertz CT molecular complexity index is 2330. The molecular weight excluding hydrogens is 781 g/mol. The van der Waals surface area contributed by atoms with Crippen molar-refractivity contribution in [2.75, 3.05) is 21.0 Å². The molecule has 0 aliphatic carbocycles. The molecule has 2 aromatic heterocycles. The first-order valence-electron chi connectivity index (χ1n) is 21.0. The van der Waals surface area contributed by atoms with Crippen LogP contribution in [0.25, 0.3) is 44.3 Å². The summed E-state index contributed by atoms with van der Waals surface area (Å²) < 4.78 is 21.9. The van der Waals surface area contributed by atoms with Gasteiger partial charge in [-0.3, -0.25) is 9.59 Å². The van der Waals surface area contributed by atoms with E-state index in [-0.39, 0.29) is 54.6 Å². The van der Waals surface area contributed by atoms with E-state index in [4.69, 9.17) is 28.9 Å². The quantitative estimate of drug-likeness (QED) is 0.110. The molecule has 6 atom stereocenters. The van der Waals surface area contributed by atoms with E-state index in [1.807, 2.05) is 99.9 Å². The maximum atomic E-state index is 13.9. The number of rotatable bonds is 10. The van der Waals surface area contributed by atoms with Crippen molar-refractivity contribution >= 4 is 46.1 Å². The van der Waals surface area contributed by atoms with Crippen molar-refractivity contribution in [3.05, 3.63) is 60.2 Å². The number of H-pyrrole nitrogens is 2. The molecular formula is C45H54N8O8. The zero-order chi connectivity index (χ0) is 43.3. The third-order valence-corrected chi connectivity index (χ3v) is 12.4. The summed E-state index contributed by atoms with van der Waals surface area (Å²) in [6.07, 6.45) is 1.81.